The van der Waals surface area contributed by atoms with Crippen molar-refractivity contribution in [3.05, 3.63) is 34.9 Å². The van der Waals surface area contributed by atoms with Crippen LogP contribution in [0.4, 0.5) is 0 Å². The van der Waals surface area contributed by atoms with E-state index < -0.39 is 0 Å². The van der Waals surface area contributed by atoms with E-state index in [1.807, 2.05) is 35.7 Å². The van der Waals surface area contributed by atoms with Crippen LogP contribution in [0.3, 0.4) is 0 Å². The first-order chi connectivity index (χ1) is 9.84. The maximum absolute atomic E-state index is 12.4. The van der Waals surface area contributed by atoms with E-state index in [4.69, 9.17) is 0 Å². The number of thioether (sulfide) groups is 2. The highest BCUT2D eigenvalue weighted by molar-refractivity contribution is 8.06. The lowest BCUT2D eigenvalue weighted by Gasteiger charge is -2.23. The summed E-state index contributed by atoms with van der Waals surface area (Å²) in [5.41, 5.74) is 3.37. The van der Waals surface area contributed by atoms with E-state index in [9.17, 15) is 4.79 Å². The summed E-state index contributed by atoms with van der Waals surface area (Å²) < 4.78 is 0. The van der Waals surface area contributed by atoms with Crippen LogP contribution in [0.25, 0.3) is 0 Å². The predicted molar refractivity (Wildman–Crippen MR) is 87.8 cm³/mol. The van der Waals surface area contributed by atoms with E-state index >= 15 is 0 Å². The van der Waals surface area contributed by atoms with Gasteiger partial charge in [0.25, 0.3) is 5.91 Å². The second-order valence-electron chi connectivity index (χ2n) is 5.15. The average Bonchev–Trinajstić information content (AvgIpc) is 2.53. The zero-order valence-corrected chi connectivity index (χ0v) is 13.1. The molecule has 3 rings (SSSR count). The molecule has 0 spiro atoms. The number of rotatable bonds is 3. The topological polar surface area (TPSA) is 41.1 Å². The van der Waals surface area contributed by atoms with Crippen molar-refractivity contribution >= 4 is 29.4 Å². The molecule has 1 atom stereocenters. The van der Waals surface area contributed by atoms with Crippen LogP contribution in [0.1, 0.15) is 21.5 Å². The number of benzene rings is 1. The molecule has 2 aliphatic rings. The molecule has 0 aliphatic carbocycles. The number of hydrogen-bond acceptors (Lipinski definition) is 4. The lowest BCUT2D eigenvalue weighted by atomic mass is 9.95. The highest BCUT2D eigenvalue weighted by Gasteiger charge is 2.19. The van der Waals surface area contributed by atoms with E-state index in [0.29, 0.717) is 5.25 Å². The second-order valence-corrected chi connectivity index (χ2v) is 7.71. The molecule has 0 saturated carbocycles. The molecule has 2 heterocycles. The van der Waals surface area contributed by atoms with E-state index in [1.54, 1.807) is 0 Å². The Morgan fingerprint density at radius 2 is 2.35 bits per heavy atom. The second kappa shape index (κ2) is 6.87. The van der Waals surface area contributed by atoms with Gasteiger partial charge in [-0.3, -0.25) is 4.79 Å². The minimum atomic E-state index is 0.0972. The molecule has 1 aromatic rings. The maximum Gasteiger partial charge on any atom is 0.251 e. The molecule has 1 fully saturated rings. The maximum atomic E-state index is 12.4. The van der Waals surface area contributed by atoms with Crippen molar-refractivity contribution in [3.8, 4) is 0 Å². The molecule has 2 aliphatic heterocycles. The first-order valence-electron chi connectivity index (χ1n) is 7.13. The van der Waals surface area contributed by atoms with Crippen molar-refractivity contribution in [3.63, 3.8) is 0 Å². The Balaban J connectivity index is 1.64. The largest absolute Gasteiger partial charge is 0.351 e. The normalized spacial score (nSPS) is 22.1. The van der Waals surface area contributed by atoms with Crippen LogP contribution >= 0.6 is 23.5 Å². The van der Waals surface area contributed by atoms with Crippen LogP contribution < -0.4 is 10.6 Å². The Hall–Kier alpha value is -0.650. The molecule has 1 unspecified atom stereocenters. The molecular formula is C15H20N2OS2. The van der Waals surface area contributed by atoms with E-state index in [-0.39, 0.29) is 5.91 Å². The number of amides is 1. The van der Waals surface area contributed by atoms with E-state index in [2.05, 4.69) is 16.7 Å². The Kier molecular flexibility index (Phi) is 4.91. The summed E-state index contributed by atoms with van der Waals surface area (Å²) in [6.07, 6.45) is 0.951. The third kappa shape index (κ3) is 3.32. The van der Waals surface area contributed by atoms with Gasteiger partial charge in [0, 0.05) is 41.2 Å². The van der Waals surface area contributed by atoms with Gasteiger partial charge >= 0.3 is 0 Å². The van der Waals surface area contributed by atoms with Crippen LogP contribution in [-0.4, -0.2) is 41.5 Å². The smallest absolute Gasteiger partial charge is 0.251 e. The summed E-state index contributed by atoms with van der Waals surface area (Å²) >= 11 is 3.98. The van der Waals surface area contributed by atoms with Crippen molar-refractivity contribution in [2.75, 3.05) is 30.3 Å². The fraction of sp³-hybridized carbons (Fsp3) is 0.533. The fourth-order valence-electron chi connectivity index (χ4n) is 2.70. The Bertz CT molecular complexity index is 487. The van der Waals surface area contributed by atoms with Gasteiger partial charge in [-0.1, -0.05) is 12.1 Å². The van der Waals surface area contributed by atoms with Gasteiger partial charge in [0.1, 0.15) is 0 Å². The van der Waals surface area contributed by atoms with Crippen LogP contribution in [0.15, 0.2) is 18.2 Å². The van der Waals surface area contributed by atoms with Crippen LogP contribution in [0, 0.1) is 0 Å². The summed E-state index contributed by atoms with van der Waals surface area (Å²) in [4.78, 5) is 12.4. The fourth-order valence-corrected chi connectivity index (χ4v) is 5.31. The number of carbonyl (C=O) groups excluding carboxylic acids is 1. The van der Waals surface area contributed by atoms with Crippen molar-refractivity contribution < 1.29 is 4.79 Å². The number of nitrogens with one attached hydrogen (secondary N) is 2. The Morgan fingerprint density at radius 3 is 3.20 bits per heavy atom. The first-order valence-corrected chi connectivity index (χ1v) is 9.34. The molecule has 1 amide bonds. The monoisotopic (exact) mass is 308 g/mol. The predicted octanol–water partition coefficient (Wildman–Crippen LogP) is 1.91. The van der Waals surface area contributed by atoms with Gasteiger partial charge in [0.2, 0.25) is 0 Å². The van der Waals surface area contributed by atoms with Crippen molar-refractivity contribution in [1.29, 1.82) is 0 Å². The summed E-state index contributed by atoms with van der Waals surface area (Å²) in [7, 11) is 0. The first kappa shape index (κ1) is 14.3. The lowest BCUT2D eigenvalue weighted by Crippen LogP contribution is -2.35. The molecular weight excluding hydrogens is 288 g/mol. The lowest BCUT2D eigenvalue weighted by molar-refractivity contribution is 0.0953. The Morgan fingerprint density at radius 1 is 1.40 bits per heavy atom. The number of carbonyl (C=O) groups is 1. The minimum Gasteiger partial charge on any atom is -0.351 e. The van der Waals surface area contributed by atoms with Crippen molar-refractivity contribution in [2.45, 2.75) is 18.2 Å². The highest BCUT2D eigenvalue weighted by Crippen LogP contribution is 2.23. The van der Waals surface area contributed by atoms with Gasteiger partial charge in [-0.05, 0) is 30.2 Å². The van der Waals surface area contributed by atoms with Gasteiger partial charge in [-0.15, -0.1) is 0 Å². The average molecular weight is 308 g/mol. The molecule has 1 aromatic carbocycles. The third-order valence-corrected chi connectivity index (χ3v) is 6.61. The zero-order valence-electron chi connectivity index (χ0n) is 11.5. The van der Waals surface area contributed by atoms with E-state index in [0.717, 1.165) is 37.4 Å². The van der Waals surface area contributed by atoms with Gasteiger partial charge in [-0.2, -0.15) is 23.5 Å². The summed E-state index contributed by atoms with van der Waals surface area (Å²) in [6.45, 7) is 2.64. The van der Waals surface area contributed by atoms with Crippen molar-refractivity contribution in [1.82, 2.24) is 10.6 Å². The van der Waals surface area contributed by atoms with Crippen LogP contribution in [-0.2, 0) is 13.0 Å². The summed E-state index contributed by atoms with van der Waals surface area (Å²) in [6, 6.07) is 6.07. The summed E-state index contributed by atoms with van der Waals surface area (Å²) in [5.74, 6) is 3.70. The molecule has 2 N–H and O–H groups in total. The number of fused-ring (bicyclic) bond motifs is 1. The molecule has 0 aromatic heterocycles. The van der Waals surface area contributed by atoms with Gasteiger partial charge in [0.05, 0.1) is 0 Å². The SMILES string of the molecule is O=C(NCC1CSCCS1)c1cccc2c1CCNC2. The molecule has 1 saturated heterocycles. The minimum absolute atomic E-state index is 0.0972. The van der Waals surface area contributed by atoms with Crippen LogP contribution in [0.5, 0.6) is 0 Å². The summed E-state index contributed by atoms with van der Waals surface area (Å²) in [5, 5.41) is 7.05. The molecule has 20 heavy (non-hydrogen) atoms. The molecule has 0 bridgehead atoms. The zero-order chi connectivity index (χ0) is 13.8. The third-order valence-electron chi connectivity index (χ3n) is 3.76. The Labute approximate surface area is 128 Å². The van der Waals surface area contributed by atoms with Gasteiger partial charge in [0.15, 0.2) is 0 Å². The van der Waals surface area contributed by atoms with Gasteiger partial charge < -0.3 is 10.6 Å². The standard InChI is InChI=1S/C15H20N2OS2/c18-15(17-9-12-10-19-6-7-20-12)14-3-1-2-11-8-16-5-4-13(11)14/h1-3,12,16H,4-10H2,(H,17,18). The van der Waals surface area contributed by atoms with Crippen LogP contribution in [0.2, 0.25) is 0 Å². The molecule has 5 heteroatoms. The quantitative estimate of drug-likeness (QED) is 0.895. The molecule has 0 radical (unpaired) electrons. The molecule has 108 valence electrons. The van der Waals surface area contributed by atoms with Crippen molar-refractivity contribution in [2.24, 2.45) is 0 Å². The number of hydrogen-bond donors (Lipinski definition) is 2. The van der Waals surface area contributed by atoms with Gasteiger partial charge in [-0.25, -0.2) is 0 Å². The highest BCUT2D eigenvalue weighted by atomic mass is 32.2. The van der Waals surface area contributed by atoms with E-state index in [1.165, 1.54) is 22.6 Å². The molecule has 3 nitrogen and oxygen atoms in total.